The minimum absolute atomic E-state index is 0.0575. The Hall–Kier alpha value is -7.68. The fraction of sp³-hybridized carbons (Fsp3) is 0.421. The summed E-state index contributed by atoms with van der Waals surface area (Å²) < 4.78 is 5.68. The maximum atomic E-state index is 13.2. The topological polar surface area (TPSA) is 173 Å². The van der Waals surface area contributed by atoms with Crippen LogP contribution in [0.3, 0.4) is 0 Å². The van der Waals surface area contributed by atoms with Gasteiger partial charge in [-0.3, -0.25) is 9.59 Å². The molecule has 2 atom stereocenters. The number of benzene rings is 4. The number of nitrogens with zero attached hydrogens (tertiary/aromatic N) is 4. The number of carbonyl (C=O) groups excluding carboxylic acids is 3. The summed E-state index contributed by atoms with van der Waals surface area (Å²) >= 11 is 2.84. The van der Waals surface area contributed by atoms with Gasteiger partial charge in [-0.25, -0.2) is 29.5 Å². The number of thiophene rings is 2. The molecule has 4 heterocycles. The molecule has 4 aromatic carbocycles. The van der Waals surface area contributed by atoms with Gasteiger partial charge in [0.25, 0.3) is 11.8 Å². The summed E-state index contributed by atoms with van der Waals surface area (Å²) in [6, 6.07) is 38.7. The van der Waals surface area contributed by atoms with E-state index in [2.05, 4.69) is 134 Å². The zero-order valence-corrected chi connectivity index (χ0v) is 56.0. The first-order valence-corrected chi connectivity index (χ1v) is 33.8. The van der Waals surface area contributed by atoms with Gasteiger partial charge in [-0.05, 0) is 164 Å². The van der Waals surface area contributed by atoms with Crippen LogP contribution in [0, 0.1) is 11.8 Å². The number of hydrogen-bond donors (Lipinski definition) is 3. The Morgan fingerprint density at radius 2 is 0.811 bits per heavy atom. The largest absolute Gasteiger partial charge is 0.480 e. The summed E-state index contributed by atoms with van der Waals surface area (Å²) in [6.07, 6.45) is 21.0. The summed E-state index contributed by atoms with van der Waals surface area (Å²) in [4.78, 5) is 73.0. The second-order valence-electron chi connectivity index (χ2n) is 27.6. The zero-order chi connectivity index (χ0) is 64.3. The van der Waals surface area contributed by atoms with E-state index in [9.17, 15) is 24.3 Å². The average molecular weight is 1250 g/mol. The van der Waals surface area contributed by atoms with E-state index < -0.39 is 29.6 Å². The Balaban J connectivity index is 0.000000214. The molecular weight excluding hydrogens is 1160 g/mol. The Kier molecular flexibility index (Phi) is 21.9. The van der Waals surface area contributed by atoms with Gasteiger partial charge in [0.1, 0.15) is 17.7 Å². The molecule has 0 bridgehead atoms. The SMILES string of the molecule is CCC1CCC(c2ccc(-c3cnc(-c4ccc(C[C@H](NC(=O)c5ccc(C(C)(C)C)s5)C(=O)O)cc4)nc3)cc2)CC1.CCC1CCC(c2ccc(-c3cnc(-c4ccc(C[C@H](NC(=O)c5ccc(C(C)(C)C)s5)C(=O)OC(C)(C)C)cc4)nc3)cc2)CC1. The predicted octanol–water partition coefficient (Wildman–Crippen LogP) is 17.8. The lowest BCUT2D eigenvalue weighted by atomic mass is 9.78. The first-order chi connectivity index (χ1) is 42.9. The number of amides is 2. The molecule has 12 nitrogen and oxygen atoms in total. The summed E-state index contributed by atoms with van der Waals surface area (Å²) in [7, 11) is 0. The van der Waals surface area contributed by atoms with Crippen molar-refractivity contribution < 1.29 is 29.0 Å². The zero-order valence-electron chi connectivity index (χ0n) is 54.4. The molecule has 0 spiro atoms. The van der Waals surface area contributed by atoms with Crippen LogP contribution in [-0.4, -0.2) is 66.5 Å². The van der Waals surface area contributed by atoms with Crippen LogP contribution >= 0.6 is 22.7 Å². The maximum absolute atomic E-state index is 13.2. The number of rotatable bonds is 18. The molecule has 14 heteroatoms. The molecular formula is C76H90N6O6S2. The van der Waals surface area contributed by atoms with E-state index in [1.807, 2.05) is 112 Å². The highest BCUT2D eigenvalue weighted by atomic mass is 32.1. The maximum Gasteiger partial charge on any atom is 0.329 e. The van der Waals surface area contributed by atoms with Crippen LogP contribution in [0.25, 0.3) is 45.0 Å². The van der Waals surface area contributed by atoms with Gasteiger partial charge in [0, 0.05) is 69.6 Å². The number of ether oxygens (including phenoxy) is 1. The van der Waals surface area contributed by atoms with Crippen molar-refractivity contribution in [3.8, 4) is 45.0 Å². The number of carboxylic acids is 1. The first kappa shape index (κ1) is 66.7. The highest BCUT2D eigenvalue weighted by Crippen LogP contribution is 2.40. The lowest BCUT2D eigenvalue weighted by Gasteiger charge is -2.28. The Morgan fingerprint density at radius 3 is 1.13 bits per heavy atom. The standard InChI is InChI=1S/C40H49N3O3S.C36H41N3O3S/c1-8-26-9-13-28(14-10-26)29-17-19-30(20-18-29)32-24-41-36(42-25-32)31-15-11-27(12-16-31)23-33(38(45)46-40(5,6)7)43-37(44)34-21-22-35(47-34)39(2,3)4;1-5-23-6-10-25(11-7-23)26-14-16-27(17-15-26)29-21-37-33(38-22-29)28-12-8-24(9-13-28)20-30(35(41)42)39-34(40)31-18-19-32(43-31)36(2,3)4/h11-12,15-22,24-26,28,33H,8-10,13-14,23H2,1-7H3,(H,43,44);8-9,12-19,21-23,25,30H,5-7,10-11,20H2,1-4H3,(H,39,40)(H,41,42)/t26?,28?,33-;23?,25?,30-/m00/s1. The predicted molar refractivity (Wildman–Crippen MR) is 365 cm³/mol. The minimum atomic E-state index is -1.07. The second-order valence-corrected chi connectivity index (χ2v) is 29.8. The normalized spacial score (nSPS) is 17.7. The van der Waals surface area contributed by atoms with Gasteiger partial charge >= 0.3 is 11.9 Å². The Bertz CT molecular complexity index is 3650. The Morgan fingerprint density at radius 1 is 0.467 bits per heavy atom. The summed E-state index contributed by atoms with van der Waals surface area (Å²) in [6.45, 7) is 22.7. The van der Waals surface area contributed by atoms with Crippen molar-refractivity contribution in [2.75, 3.05) is 0 Å². The minimum Gasteiger partial charge on any atom is -0.480 e. The number of esters is 1. The van der Waals surface area contributed by atoms with Crippen molar-refractivity contribution in [1.82, 2.24) is 30.6 Å². The van der Waals surface area contributed by atoms with Crippen LogP contribution in [-0.2, 0) is 38.0 Å². The van der Waals surface area contributed by atoms with E-state index in [4.69, 9.17) is 4.74 Å². The fourth-order valence-corrected chi connectivity index (χ4v) is 13.9. The van der Waals surface area contributed by atoms with E-state index in [0.29, 0.717) is 39.7 Å². The number of nitrogens with one attached hydrogen (secondary N) is 2. The smallest absolute Gasteiger partial charge is 0.329 e. The summed E-state index contributed by atoms with van der Waals surface area (Å²) in [5.41, 5.74) is 9.68. The van der Waals surface area contributed by atoms with Crippen LogP contribution in [0.15, 0.2) is 146 Å². The van der Waals surface area contributed by atoms with Gasteiger partial charge in [0.2, 0.25) is 0 Å². The molecule has 0 unspecified atom stereocenters. The molecule has 8 aromatic rings. The third-order valence-electron chi connectivity index (χ3n) is 17.6. The van der Waals surface area contributed by atoms with Gasteiger partial charge in [-0.15, -0.1) is 22.7 Å². The van der Waals surface area contributed by atoms with Crippen molar-refractivity contribution in [3.05, 3.63) is 188 Å². The van der Waals surface area contributed by atoms with Crippen molar-refractivity contribution in [3.63, 3.8) is 0 Å². The molecule has 0 radical (unpaired) electrons. The van der Waals surface area contributed by atoms with E-state index in [1.165, 1.54) is 98.0 Å². The lowest BCUT2D eigenvalue weighted by molar-refractivity contribution is -0.157. The van der Waals surface area contributed by atoms with Gasteiger partial charge < -0.3 is 20.5 Å². The van der Waals surface area contributed by atoms with E-state index >= 15 is 0 Å². The molecule has 2 aliphatic carbocycles. The molecule has 90 heavy (non-hydrogen) atoms. The van der Waals surface area contributed by atoms with Crippen molar-refractivity contribution in [2.24, 2.45) is 11.8 Å². The molecule has 2 saturated carbocycles. The molecule has 472 valence electrons. The fourth-order valence-electron chi connectivity index (χ4n) is 12.0. The first-order valence-electron chi connectivity index (χ1n) is 32.2. The molecule has 2 aliphatic rings. The van der Waals surface area contributed by atoms with Gasteiger partial charge in [0.15, 0.2) is 11.6 Å². The molecule has 0 aliphatic heterocycles. The van der Waals surface area contributed by atoms with E-state index in [0.717, 1.165) is 66.1 Å². The molecule has 4 aromatic heterocycles. The lowest BCUT2D eigenvalue weighted by Crippen LogP contribution is -2.45. The highest BCUT2D eigenvalue weighted by Gasteiger charge is 2.30. The number of carboxylic acid groups (broad SMARTS) is 1. The van der Waals surface area contributed by atoms with Crippen LogP contribution in [0.4, 0.5) is 0 Å². The third-order valence-corrected chi connectivity index (χ3v) is 20.6. The number of carbonyl (C=O) groups is 4. The summed E-state index contributed by atoms with van der Waals surface area (Å²) in [5.74, 6) is 2.21. The number of aliphatic carboxylic acids is 1. The van der Waals surface area contributed by atoms with Crippen LogP contribution in [0.1, 0.15) is 204 Å². The monoisotopic (exact) mass is 1250 g/mol. The Labute approximate surface area is 541 Å². The van der Waals surface area contributed by atoms with Crippen LogP contribution < -0.4 is 10.6 Å². The average Bonchev–Trinajstić information content (AvgIpc) is 1.24. The molecule has 2 fully saturated rings. The highest BCUT2D eigenvalue weighted by molar-refractivity contribution is 7.14. The second kappa shape index (κ2) is 29.5. The van der Waals surface area contributed by atoms with Gasteiger partial charge in [-0.1, -0.05) is 165 Å². The van der Waals surface area contributed by atoms with Gasteiger partial charge in [-0.2, -0.15) is 0 Å². The van der Waals surface area contributed by atoms with Crippen LogP contribution in [0.2, 0.25) is 0 Å². The molecule has 10 rings (SSSR count). The summed E-state index contributed by atoms with van der Waals surface area (Å²) in [5, 5.41) is 15.4. The van der Waals surface area contributed by atoms with Crippen LogP contribution in [0.5, 0.6) is 0 Å². The third kappa shape index (κ3) is 18.1. The number of aromatic nitrogens is 4. The number of hydrogen-bond acceptors (Lipinski definition) is 11. The van der Waals surface area contributed by atoms with E-state index in [-0.39, 0.29) is 29.1 Å². The molecule has 0 saturated heterocycles. The van der Waals surface area contributed by atoms with E-state index in [1.54, 1.807) is 6.07 Å². The molecule has 2 amide bonds. The van der Waals surface area contributed by atoms with Crippen molar-refractivity contribution in [1.29, 1.82) is 0 Å². The van der Waals surface area contributed by atoms with Gasteiger partial charge in [0.05, 0.1) is 9.75 Å². The molecule has 3 N–H and O–H groups in total. The van der Waals surface area contributed by atoms with Crippen molar-refractivity contribution >= 4 is 46.4 Å². The quantitative estimate of drug-likeness (QED) is 0.0702. The van der Waals surface area contributed by atoms with Crippen molar-refractivity contribution in [2.45, 2.75) is 194 Å².